The Morgan fingerprint density at radius 3 is 2.58 bits per heavy atom. The van der Waals surface area contributed by atoms with E-state index in [1.807, 2.05) is 32.0 Å². The molecular weight excluding hydrogens is 239 g/mol. The molecule has 0 saturated heterocycles. The third kappa shape index (κ3) is 3.02. The van der Waals surface area contributed by atoms with Crippen LogP contribution in [0.4, 0.5) is 0 Å². The first-order chi connectivity index (χ1) is 8.81. The van der Waals surface area contributed by atoms with E-state index in [9.17, 15) is 5.11 Å². The lowest BCUT2D eigenvalue weighted by Crippen LogP contribution is -2.48. The zero-order chi connectivity index (χ0) is 14.1. The van der Waals surface area contributed by atoms with Crippen LogP contribution in [0.1, 0.15) is 33.3 Å². The van der Waals surface area contributed by atoms with Crippen molar-refractivity contribution < 1.29 is 14.2 Å². The largest absolute Gasteiger partial charge is 0.464 e. The van der Waals surface area contributed by atoms with Crippen LogP contribution in [0, 0.1) is 0 Å². The van der Waals surface area contributed by atoms with Crippen molar-refractivity contribution >= 4 is 18.5 Å². The first kappa shape index (κ1) is 14.2. The second kappa shape index (κ2) is 5.02. The van der Waals surface area contributed by atoms with E-state index in [2.05, 4.69) is 6.07 Å². The second-order valence-corrected chi connectivity index (χ2v) is 5.92. The van der Waals surface area contributed by atoms with Gasteiger partial charge in [0.1, 0.15) is 5.58 Å². The van der Waals surface area contributed by atoms with Crippen molar-refractivity contribution in [2.24, 2.45) is 0 Å². The minimum atomic E-state index is -0.870. The molecule has 0 aliphatic rings. The van der Waals surface area contributed by atoms with E-state index >= 15 is 0 Å². The molecule has 1 heterocycles. The van der Waals surface area contributed by atoms with Crippen molar-refractivity contribution in [2.75, 3.05) is 0 Å². The van der Waals surface area contributed by atoms with Gasteiger partial charge >= 0.3 is 0 Å². The molecule has 0 spiro atoms. The van der Waals surface area contributed by atoms with Crippen molar-refractivity contribution in [3.8, 4) is 0 Å². The van der Waals surface area contributed by atoms with Gasteiger partial charge in [-0.15, -0.1) is 0 Å². The van der Waals surface area contributed by atoms with Gasteiger partial charge in [0.25, 0.3) is 7.48 Å². The molecule has 19 heavy (non-hydrogen) atoms. The highest BCUT2D eigenvalue weighted by Crippen LogP contribution is 2.25. The zero-order valence-corrected chi connectivity index (χ0v) is 12.1. The summed E-state index contributed by atoms with van der Waals surface area (Å²) in [6.07, 6.45) is 2.56. The Bertz CT molecular complexity index is 552. The molecule has 2 rings (SSSR count). The molecule has 2 aromatic rings. The second-order valence-electron chi connectivity index (χ2n) is 5.92. The van der Waals surface area contributed by atoms with Gasteiger partial charge in [-0.1, -0.05) is 18.2 Å². The minimum Gasteiger partial charge on any atom is -0.464 e. The monoisotopic (exact) mass is 260 g/mol. The van der Waals surface area contributed by atoms with Gasteiger partial charge < -0.3 is 14.2 Å². The van der Waals surface area contributed by atoms with E-state index in [1.165, 1.54) is 0 Å². The van der Waals surface area contributed by atoms with Crippen molar-refractivity contribution in [2.45, 2.75) is 45.2 Å². The maximum Gasteiger partial charge on any atom is 0.280 e. The number of hydrogen-bond acceptors (Lipinski definition) is 3. The molecule has 0 amide bonds. The fourth-order valence-electron chi connectivity index (χ4n) is 1.82. The van der Waals surface area contributed by atoms with Crippen LogP contribution in [-0.4, -0.2) is 23.8 Å². The third-order valence-electron chi connectivity index (χ3n) is 3.87. The van der Waals surface area contributed by atoms with E-state index in [0.29, 0.717) is 7.48 Å². The lowest BCUT2D eigenvalue weighted by atomic mass is 9.83. The molecule has 4 heteroatoms. The SMILES string of the molecule is CC(C)(O)C(C)(C)OBCc1coc2ccccc12. The Hall–Kier alpha value is -1.26. The number of rotatable bonds is 5. The highest BCUT2D eigenvalue weighted by molar-refractivity contribution is 6.27. The molecule has 0 bridgehead atoms. The van der Waals surface area contributed by atoms with Crippen LogP contribution < -0.4 is 0 Å². The summed E-state index contributed by atoms with van der Waals surface area (Å²) in [4.78, 5) is 0. The van der Waals surface area contributed by atoms with Gasteiger partial charge in [-0.2, -0.15) is 0 Å². The van der Waals surface area contributed by atoms with Crippen LogP contribution in [-0.2, 0) is 11.0 Å². The predicted octanol–water partition coefficient (Wildman–Crippen LogP) is 2.85. The summed E-state index contributed by atoms with van der Waals surface area (Å²) in [5.41, 5.74) is 0.597. The summed E-state index contributed by atoms with van der Waals surface area (Å²) >= 11 is 0. The topological polar surface area (TPSA) is 42.6 Å². The van der Waals surface area contributed by atoms with Gasteiger partial charge in [0, 0.05) is 5.39 Å². The number of aliphatic hydroxyl groups is 1. The molecule has 3 nitrogen and oxygen atoms in total. The van der Waals surface area contributed by atoms with E-state index in [4.69, 9.17) is 9.07 Å². The fraction of sp³-hybridized carbons (Fsp3) is 0.467. The van der Waals surface area contributed by atoms with Gasteiger partial charge in [-0.05, 0) is 45.6 Å². The molecule has 1 aromatic heterocycles. The molecular formula is C15H21BO3. The number of benzene rings is 1. The van der Waals surface area contributed by atoms with Crippen LogP contribution >= 0.6 is 0 Å². The minimum absolute atomic E-state index is 0.556. The molecule has 0 saturated carbocycles. The highest BCUT2D eigenvalue weighted by atomic mass is 16.5. The maximum absolute atomic E-state index is 10.0. The van der Waals surface area contributed by atoms with Crippen LogP contribution in [0.25, 0.3) is 11.0 Å². The smallest absolute Gasteiger partial charge is 0.280 e. The summed E-state index contributed by atoms with van der Waals surface area (Å²) in [6, 6.07) is 7.97. The normalized spacial score (nSPS) is 12.9. The molecule has 1 N–H and O–H groups in total. The number of hydrogen-bond donors (Lipinski definition) is 1. The lowest BCUT2D eigenvalue weighted by Gasteiger charge is -2.37. The molecule has 0 atom stereocenters. The molecule has 0 aliphatic heterocycles. The van der Waals surface area contributed by atoms with Gasteiger partial charge in [-0.25, -0.2) is 0 Å². The Kier molecular flexibility index (Phi) is 3.74. The molecule has 0 aliphatic carbocycles. The quantitative estimate of drug-likeness (QED) is 0.840. The summed E-state index contributed by atoms with van der Waals surface area (Å²) in [7, 11) is 0.556. The first-order valence-corrected chi connectivity index (χ1v) is 6.63. The Balaban J connectivity index is 2.00. The van der Waals surface area contributed by atoms with Crippen molar-refractivity contribution in [3.63, 3.8) is 0 Å². The Morgan fingerprint density at radius 2 is 1.89 bits per heavy atom. The summed E-state index contributed by atoms with van der Waals surface area (Å²) in [5.74, 6) is 0. The Morgan fingerprint density at radius 1 is 1.21 bits per heavy atom. The van der Waals surface area contributed by atoms with Crippen LogP contribution in [0.5, 0.6) is 0 Å². The standard InChI is InChI=1S/C15H21BO3/c1-14(2,17)15(3,4)19-16-9-11-10-18-13-8-6-5-7-12(11)13/h5-8,10,16-17H,9H2,1-4H3. The first-order valence-electron chi connectivity index (χ1n) is 6.63. The maximum atomic E-state index is 10.0. The average Bonchev–Trinajstić information content (AvgIpc) is 2.71. The Labute approximate surface area is 114 Å². The van der Waals surface area contributed by atoms with Crippen molar-refractivity contribution in [3.05, 3.63) is 36.1 Å². The lowest BCUT2D eigenvalue weighted by molar-refractivity contribution is -0.0904. The van der Waals surface area contributed by atoms with Crippen molar-refractivity contribution in [1.29, 1.82) is 0 Å². The molecule has 102 valence electrons. The van der Waals surface area contributed by atoms with E-state index in [1.54, 1.807) is 20.1 Å². The molecule has 0 fully saturated rings. The van der Waals surface area contributed by atoms with Gasteiger partial charge in [0.05, 0.1) is 17.5 Å². The van der Waals surface area contributed by atoms with Crippen LogP contribution in [0.2, 0.25) is 0 Å². The van der Waals surface area contributed by atoms with Crippen molar-refractivity contribution in [1.82, 2.24) is 0 Å². The summed E-state index contributed by atoms with van der Waals surface area (Å²) in [6.45, 7) is 7.33. The average molecular weight is 260 g/mol. The number of para-hydroxylation sites is 1. The fourth-order valence-corrected chi connectivity index (χ4v) is 1.82. The van der Waals surface area contributed by atoms with Gasteiger partial charge in [-0.3, -0.25) is 0 Å². The summed E-state index contributed by atoms with van der Waals surface area (Å²) in [5, 5.41) is 11.2. The van der Waals surface area contributed by atoms with Gasteiger partial charge in [0.15, 0.2) is 0 Å². The molecule has 1 aromatic carbocycles. The van der Waals surface area contributed by atoms with Crippen LogP contribution in [0.3, 0.4) is 0 Å². The predicted molar refractivity (Wildman–Crippen MR) is 78.5 cm³/mol. The highest BCUT2D eigenvalue weighted by Gasteiger charge is 2.35. The number of furan rings is 1. The third-order valence-corrected chi connectivity index (χ3v) is 3.87. The van der Waals surface area contributed by atoms with E-state index in [-0.39, 0.29) is 0 Å². The van der Waals surface area contributed by atoms with E-state index in [0.717, 1.165) is 22.9 Å². The molecule has 0 radical (unpaired) electrons. The van der Waals surface area contributed by atoms with Gasteiger partial charge in [0.2, 0.25) is 0 Å². The summed E-state index contributed by atoms with van der Waals surface area (Å²) < 4.78 is 11.3. The zero-order valence-electron chi connectivity index (χ0n) is 12.1. The molecule has 0 unspecified atom stereocenters. The van der Waals surface area contributed by atoms with Crippen LogP contribution in [0.15, 0.2) is 34.9 Å². The number of fused-ring (bicyclic) bond motifs is 1. The van der Waals surface area contributed by atoms with E-state index < -0.39 is 11.2 Å².